The van der Waals surface area contributed by atoms with Gasteiger partial charge in [-0.2, -0.15) is 0 Å². The molecule has 0 saturated carbocycles. The van der Waals surface area contributed by atoms with Crippen molar-refractivity contribution in [3.63, 3.8) is 0 Å². The van der Waals surface area contributed by atoms with Gasteiger partial charge in [-0.3, -0.25) is 4.90 Å². The van der Waals surface area contributed by atoms with Crippen LogP contribution in [0.5, 0.6) is 0 Å². The van der Waals surface area contributed by atoms with Crippen LogP contribution in [0, 0.1) is 5.92 Å². The van der Waals surface area contributed by atoms with Crippen LogP contribution in [-0.2, 0) is 9.53 Å². The second-order valence-electron chi connectivity index (χ2n) is 6.58. The van der Waals surface area contributed by atoms with E-state index in [0.29, 0.717) is 5.69 Å². The zero-order chi connectivity index (χ0) is 17.1. The van der Waals surface area contributed by atoms with Crippen molar-refractivity contribution in [2.75, 3.05) is 0 Å². The first-order valence-corrected chi connectivity index (χ1v) is 7.27. The molecule has 0 aliphatic carbocycles. The number of nitrogens with one attached hydrogen (secondary N) is 1. The summed E-state index contributed by atoms with van der Waals surface area (Å²) in [4.78, 5) is 32.4. The van der Waals surface area contributed by atoms with E-state index in [1.807, 2.05) is 0 Å². The fourth-order valence-electron chi connectivity index (χ4n) is 2.20. The molecule has 1 unspecified atom stereocenters. The molecular formula is C15H25N3O4. The van der Waals surface area contributed by atoms with E-state index in [4.69, 9.17) is 4.74 Å². The number of H-pyrrole nitrogens is 1. The molecule has 2 atom stereocenters. The predicted molar refractivity (Wildman–Crippen MR) is 81.3 cm³/mol. The maximum Gasteiger partial charge on any atom is 0.411 e. The number of carbonyl (C=O) groups excluding carboxylic acids is 1. The second kappa shape index (κ2) is 6.81. The van der Waals surface area contributed by atoms with Gasteiger partial charge in [-0.05, 0) is 33.6 Å². The third kappa shape index (κ3) is 4.47. The summed E-state index contributed by atoms with van der Waals surface area (Å²) < 4.78 is 5.39. The van der Waals surface area contributed by atoms with Crippen LogP contribution in [0.2, 0.25) is 0 Å². The quantitative estimate of drug-likeness (QED) is 0.871. The van der Waals surface area contributed by atoms with Crippen LogP contribution >= 0.6 is 0 Å². The Morgan fingerprint density at radius 3 is 2.27 bits per heavy atom. The Bertz CT molecular complexity index is 505. The van der Waals surface area contributed by atoms with Gasteiger partial charge in [-0.25, -0.2) is 14.6 Å². The smallest absolute Gasteiger partial charge is 0.411 e. The largest absolute Gasteiger partial charge is 0.480 e. The maximum absolute atomic E-state index is 12.5. The fourth-order valence-corrected chi connectivity index (χ4v) is 2.20. The lowest BCUT2D eigenvalue weighted by atomic mass is 10.0. The molecule has 124 valence electrons. The Morgan fingerprint density at radius 2 is 1.91 bits per heavy atom. The van der Waals surface area contributed by atoms with Crippen molar-refractivity contribution in [3.05, 3.63) is 18.2 Å². The normalized spacial score (nSPS) is 14.5. The summed E-state index contributed by atoms with van der Waals surface area (Å²) in [7, 11) is 0. The number of hydrogen-bond donors (Lipinski definition) is 2. The van der Waals surface area contributed by atoms with E-state index in [2.05, 4.69) is 9.97 Å². The first-order valence-electron chi connectivity index (χ1n) is 7.27. The van der Waals surface area contributed by atoms with Crippen molar-refractivity contribution >= 4 is 12.1 Å². The molecule has 2 N–H and O–H groups in total. The van der Waals surface area contributed by atoms with E-state index in [0.717, 1.165) is 0 Å². The number of nitrogens with zero attached hydrogens (tertiary/aromatic N) is 2. The number of aliphatic carboxylic acids is 1. The van der Waals surface area contributed by atoms with Gasteiger partial charge < -0.3 is 14.8 Å². The van der Waals surface area contributed by atoms with Crippen LogP contribution in [-0.4, -0.2) is 43.7 Å². The lowest BCUT2D eigenvalue weighted by Gasteiger charge is -2.36. The van der Waals surface area contributed by atoms with Crippen LogP contribution in [0.3, 0.4) is 0 Å². The number of hydrogen-bond acceptors (Lipinski definition) is 4. The van der Waals surface area contributed by atoms with E-state index in [9.17, 15) is 14.7 Å². The lowest BCUT2D eigenvalue weighted by Crippen LogP contribution is -2.50. The van der Waals surface area contributed by atoms with Gasteiger partial charge in [0.05, 0.1) is 18.1 Å². The highest BCUT2D eigenvalue weighted by atomic mass is 16.6. The molecule has 7 heteroatoms. The number of carboxylic acids is 1. The molecule has 22 heavy (non-hydrogen) atoms. The van der Waals surface area contributed by atoms with Crippen molar-refractivity contribution in [3.8, 4) is 0 Å². The molecule has 1 aromatic rings. The fraction of sp³-hybridized carbons (Fsp3) is 0.667. The van der Waals surface area contributed by atoms with Gasteiger partial charge in [-0.1, -0.05) is 13.8 Å². The van der Waals surface area contributed by atoms with E-state index >= 15 is 0 Å². The highest BCUT2D eigenvalue weighted by Gasteiger charge is 2.39. The molecule has 0 aliphatic heterocycles. The second-order valence-corrected chi connectivity index (χ2v) is 6.58. The molecule has 0 bridgehead atoms. The number of carbonyl (C=O) groups is 2. The average Bonchev–Trinajstić information content (AvgIpc) is 2.85. The number of aromatic nitrogens is 2. The van der Waals surface area contributed by atoms with Crippen LogP contribution in [0.4, 0.5) is 4.79 Å². The molecule has 0 aliphatic rings. The minimum Gasteiger partial charge on any atom is -0.480 e. The van der Waals surface area contributed by atoms with Gasteiger partial charge in [0, 0.05) is 6.20 Å². The summed E-state index contributed by atoms with van der Waals surface area (Å²) in [6.07, 6.45) is 2.47. The van der Waals surface area contributed by atoms with Crippen LogP contribution < -0.4 is 0 Å². The van der Waals surface area contributed by atoms with Gasteiger partial charge in [0.2, 0.25) is 0 Å². The van der Waals surface area contributed by atoms with Gasteiger partial charge in [0.25, 0.3) is 0 Å². The number of ether oxygens (including phenoxy) is 1. The van der Waals surface area contributed by atoms with Crippen LogP contribution in [0.25, 0.3) is 0 Å². The number of imidazole rings is 1. The number of carboxylic acid groups (broad SMARTS) is 1. The van der Waals surface area contributed by atoms with Crippen molar-refractivity contribution < 1.29 is 19.4 Å². The first kappa shape index (κ1) is 18.0. The van der Waals surface area contributed by atoms with Crippen molar-refractivity contribution in [1.82, 2.24) is 14.9 Å². The Balaban J connectivity index is 3.19. The molecule has 1 heterocycles. The van der Waals surface area contributed by atoms with E-state index in [-0.39, 0.29) is 5.92 Å². The molecule has 1 aromatic heterocycles. The summed E-state index contributed by atoms with van der Waals surface area (Å²) in [5.41, 5.74) is -0.126. The Hall–Kier alpha value is -2.05. The summed E-state index contributed by atoms with van der Waals surface area (Å²) in [6, 6.07) is -1.52. The number of rotatable bonds is 5. The number of amides is 1. The summed E-state index contributed by atoms with van der Waals surface area (Å²) >= 11 is 0. The standard InChI is InChI=1S/C15H25N3O4/c1-9(2)12(13(19)20)18(14(21)22-15(4,5)6)10(3)11-7-16-8-17-11/h7-10,12H,1-6H3,(H,16,17)(H,19,20)/t10?,12-/m0/s1. The van der Waals surface area contributed by atoms with E-state index < -0.39 is 29.7 Å². The SMILES string of the molecule is CC(C)[C@@H](C(=O)O)N(C(=O)OC(C)(C)C)C(C)c1c[nH]cn1. The molecule has 0 saturated heterocycles. The van der Waals surface area contributed by atoms with Gasteiger partial charge in [0.15, 0.2) is 0 Å². The zero-order valence-electron chi connectivity index (χ0n) is 14.0. The maximum atomic E-state index is 12.5. The topological polar surface area (TPSA) is 95.5 Å². The predicted octanol–water partition coefficient (Wildman–Crippen LogP) is 2.82. The Morgan fingerprint density at radius 1 is 1.32 bits per heavy atom. The average molecular weight is 311 g/mol. The molecule has 0 aromatic carbocycles. The molecule has 1 rings (SSSR count). The van der Waals surface area contributed by atoms with Gasteiger partial charge in [-0.15, -0.1) is 0 Å². The van der Waals surface area contributed by atoms with Gasteiger partial charge in [0.1, 0.15) is 11.6 Å². The third-order valence-electron chi connectivity index (χ3n) is 3.15. The summed E-state index contributed by atoms with van der Waals surface area (Å²) in [5.74, 6) is -1.34. The number of aromatic amines is 1. The monoisotopic (exact) mass is 311 g/mol. The molecular weight excluding hydrogens is 286 g/mol. The Labute approximate surface area is 130 Å². The zero-order valence-corrected chi connectivity index (χ0v) is 14.0. The summed E-state index contributed by atoms with van der Waals surface area (Å²) in [6.45, 7) is 10.5. The molecule has 0 spiro atoms. The van der Waals surface area contributed by atoms with Crippen LogP contribution in [0.1, 0.15) is 53.3 Å². The van der Waals surface area contributed by atoms with Gasteiger partial charge >= 0.3 is 12.1 Å². The van der Waals surface area contributed by atoms with E-state index in [1.165, 1.54) is 11.2 Å². The van der Waals surface area contributed by atoms with Crippen LogP contribution in [0.15, 0.2) is 12.5 Å². The molecule has 1 amide bonds. The lowest BCUT2D eigenvalue weighted by molar-refractivity contribution is -0.146. The highest BCUT2D eigenvalue weighted by molar-refractivity contribution is 5.80. The Kier molecular flexibility index (Phi) is 5.57. The van der Waals surface area contributed by atoms with Crippen molar-refractivity contribution in [2.45, 2.75) is 59.2 Å². The van der Waals surface area contributed by atoms with Crippen molar-refractivity contribution in [2.24, 2.45) is 5.92 Å². The first-order chi connectivity index (χ1) is 10.0. The highest BCUT2D eigenvalue weighted by Crippen LogP contribution is 2.27. The molecule has 7 nitrogen and oxygen atoms in total. The van der Waals surface area contributed by atoms with Crippen molar-refractivity contribution in [1.29, 1.82) is 0 Å². The third-order valence-corrected chi connectivity index (χ3v) is 3.15. The van der Waals surface area contributed by atoms with E-state index in [1.54, 1.807) is 47.7 Å². The molecule has 0 fully saturated rings. The minimum atomic E-state index is -1.07. The summed E-state index contributed by atoms with van der Waals surface area (Å²) in [5, 5.41) is 9.53. The molecule has 0 radical (unpaired) electrons. The minimum absolute atomic E-state index is 0.272.